The maximum Gasteiger partial charge on any atom is 0.229 e. The Hall–Kier alpha value is -1.95. The van der Waals surface area contributed by atoms with E-state index >= 15 is 0 Å². The van der Waals surface area contributed by atoms with Gasteiger partial charge in [0.15, 0.2) is 0 Å². The molecular weight excluding hydrogens is 506 g/mol. The van der Waals surface area contributed by atoms with Crippen LogP contribution in [0.4, 0.5) is 23.1 Å². The number of nitrogens with zero attached hydrogens (tertiary/aromatic N) is 5. The first kappa shape index (κ1) is 22.8. The van der Waals surface area contributed by atoms with Gasteiger partial charge in [0.1, 0.15) is 5.82 Å². The molecule has 0 spiro atoms. The first-order valence-electron chi connectivity index (χ1n) is 11.5. The van der Waals surface area contributed by atoms with Crippen LogP contribution in [0.15, 0.2) is 34.9 Å². The Labute approximate surface area is 203 Å². The number of piperazine rings is 1. The lowest BCUT2D eigenvalue weighted by atomic mass is 10.2. The van der Waals surface area contributed by atoms with E-state index in [0.717, 1.165) is 55.6 Å². The maximum atomic E-state index is 12.5. The van der Waals surface area contributed by atoms with Gasteiger partial charge in [0.05, 0.1) is 9.72 Å². The summed E-state index contributed by atoms with van der Waals surface area (Å²) >= 11 is 3.51. The quantitative estimate of drug-likeness (QED) is 0.558. The highest BCUT2D eigenvalue weighted by atomic mass is 79.9. The van der Waals surface area contributed by atoms with Crippen LogP contribution in [0.2, 0.25) is 0 Å². The number of halogens is 1. The van der Waals surface area contributed by atoms with Crippen LogP contribution in [0.5, 0.6) is 0 Å². The van der Waals surface area contributed by atoms with E-state index < -0.39 is 10.0 Å². The molecule has 2 saturated heterocycles. The van der Waals surface area contributed by atoms with E-state index in [2.05, 4.69) is 65.5 Å². The van der Waals surface area contributed by atoms with E-state index in [0.29, 0.717) is 24.9 Å². The predicted octanol–water partition coefficient (Wildman–Crippen LogP) is 2.71. The third kappa shape index (κ3) is 5.26. The first-order chi connectivity index (χ1) is 15.9. The highest BCUT2D eigenvalue weighted by Crippen LogP contribution is 2.33. The standard InChI is InChI=1S/C22H30BrN7O2S/c1-28-10-12-29(13-11-28)18-4-2-16(3-5-18)26-22-24-14-20(23)21(27-22)25-17-8-9-30(15-17)33(31,32)19-6-7-19/h2-5,14,17,19H,6-13,15H2,1H3,(H2,24,25,26,27)/t17-/m1/s1. The number of nitrogens with one attached hydrogen (secondary N) is 2. The van der Waals surface area contributed by atoms with E-state index in [1.165, 1.54) is 5.69 Å². The van der Waals surface area contributed by atoms with Crippen molar-refractivity contribution in [1.29, 1.82) is 0 Å². The predicted molar refractivity (Wildman–Crippen MR) is 135 cm³/mol. The molecule has 33 heavy (non-hydrogen) atoms. The van der Waals surface area contributed by atoms with Gasteiger partial charge in [-0.3, -0.25) is 0 Å². The summed E-state index contributed by atoms with van der Waals surface area (Å²) in [5.74, 6) is 1.16. The summed E-state index contributed by atoms with van der Waals surface area (Å²) in [6.07, 6.45) is 4.06. The Morgan fingerprint density at radius 1 is 1.03 bits per heavy atom. The van der Waals surface area contributed by atoms with Crippen LogP contribution in [-0.2, 0) is 10.0 Å². The molecule has 1 aromatic heterocycles. The molecule has 5 rings (SSSR count). The SMILES string of the molecule is CN1CCN(c2ccc(Nc3ncc(Br)c(N[C@@H]4CCN(S(=O)(=O)C5CC5)C4)n3)cc2)CC1. The van der Waals surface area contributed by atoms with Crippen LogP contribution in [0.25, 0.3) is 0 Å². The summed E-state index contributed by atoms with van der Waals surface area (Å²) in [5, 5.41) is 6.51. The Morgan fingerprint density at radius 2 is 1.76 bits per heavy atom. The van der Waals surface area contributed by atoms with Gasteiger partial charge >= 0.3 is 0 Å². The fraction of sp³-hybridized carbons (Fsp3) is 0.545. The summed E-state index contributed by atoms with van der Waals surface area (Å²) in [6, 6.07) is 8.37. The molecule has 3 aliphatic rings. The lowest BCUT2D eigenvalue weighted by Crippen LogP contribution is -2.44. The fourth-order valence-electron chi connectivity index (χ4n) is 4.33. The van der Waals surface area contributed by atoms with Crippen molar-refractivity contribution >= 4 is 49.1 Å². The van der Waals surface area contributed by atoms with Gasteiger partial charge < -0.3 is 20.4 Å². The zero-order chi connectivity index (χ0) is 23.0. The van der Waals surface area contributed by atoms with E-state index in [4.69, 9.17) is 0 Å². The monoisotopic (exact) mass is 535 g/mol. The number of sulfonamides is 1. The molecule has 3 heterocycles. The van der Waals surface area contributed by atoms with Gasteiger partial charge in [-0.15, -0.1) is 0 Å². The molecule has 1 saturated carbocycles. The molecule has 2 aliphatic heterocycles. The van der Waals surface area contributed by atoms with Crippen LogP contribution in [0.3, 0.4) is 0 Å². The number of anilines is 4. The lowest BCUT2D eigenvalue weighted by molar-refractivity contribution is 0.313. The minimum atomic E-state index is -3.13. The van der Waals surface area contributed by atoms with E-state index in [9.17, 15) is 8.42 Å². The van der Waals surface area contributed by atoms with Gasteiger partial charge in [-0.1, -0.05) is 0 Å². The molecular formula is C22H30BrN7O2S. The van der Waals surface area contributed by atoms with Crippen molar-refractivity contribution in [3.05, 3.63) is 34.9 Å². The third-order valence-corrected chi connectivity index (χ3v) is 9.48. The van der Waals surface area contributed by atoms with Gasteiger partial charge in [-0.25, -0.2) is 13.4 Å². The molecule has 9 nitrogen and oxygen atoms in total. The Balaban J connectivity index is 1.21. The normalized spacial score (nSPS) is 22.5. The van der Waals surface area contributed by atoms with E-state index in [1.54, 1.807) is 10.5 Å². The lowest BCUT2D eigenvalue weighted by Gasteiger charge is -2.34. The summed E-state index contributed by atoms with van der Waals surface area (Å²) in [7, 11) is -0.976. The van der Waals surface area contributed by atoms with Gasteiger partial charge in [-0.2, -0.15) is 9.29 Å². The number of likely N-dealkylation sites (N-methyl/N-ethyl adjacent to an activating group) is 1. The van der Waals surface area contributed by atoms with Crippen LogP contribution in [0, 0.1) is 0 Å². The summed E-state index contributed by atoms with van der Waals surface area (Å²) in [5.41, 5.74) is 2.14. The number of rotatable bonds is 7. The Kier molecular flexibility index (Phi) is 6.47. The van der Waals surface area contributed by atoms with Crippen molar-refractivity contribution in [1.82, 2.24) is 19.2 Å². The fourth-order valence-corrected chi connectivity index (χ4v) is 6.53. The van der Waals surface area contributed by atoms with Crippen LogP contribution in [-0.4, -0.2) is 85.2 Å². The van der Waals surface area contributed by atoms with Gasteiger partial charge in [0.25, 0.3) is 0 Å². The third-order valence-electron chi connectivity index (χ3n) is 6.53. The first-order valence-corrected chi connectivity index (χ1v) is 13.8. The topological polar surface area (TPSA) is 93.7 Å². The van der Waals surface area contributed by atoms with Crippen molar-refractivity contribution in [3.8, 4) is 0 Å². The van der Waals surface area contributed by atoms with Gasteiger partial charge in [-0.05, 0) is 66.5 Å². The average Bonchev–Trinajstić information content (AvgIpc) is 3.57. The molecule has 178 valence electrons. The molecule has 3 fully saturated rings. The molecule has 2 aromatic rings. The molecule has 1 atom stereocenters. The highest BCUT2D eigenvalue weighted by Gasteiger charge is 2.42. The number of aromatic nitrogens is 2. The second-order valence-electron chi connectivity index (χ2n) is 9.08. The maximum absolute atomic E-state index is 12.5. The van der Waals surface area contributed by atoms with Crippen LogP contribution >= 0.6 is 15.9 Å². The van der Waals surface area contributed by atoms with Crippen LogP contribution in [0.1, 0.15) is 19.3 Å². The van der Waals surface area contributed by atoms with E-state index in [-0.39, 0.29) is 11.3 Å². The smallest absolute Gasteiger partial charge is 0.229 e. The molecule has 11 heteroatoms. The minimum absolute atomic E-state index is 0.0282. The second-order valence-corrected chi connectivity index (χ2v) is 12.2. The molecule has 0 radical (unpaired) electrons. The van der Waals surface area contributed by atoms with Crippen LogP contribution < -0.4 is 15.5 Å². The number of hydrogen-bond acceptors (Lipinski definition) is 8. The molecule has 2 N–H and O–H groups in total. The molecule has 0 bridgehead atoms. The largest absolute Gasteiger partial charge is 0.369 e. The Bertz CT molecular complexity index is 1090. The van der Waals surface area contributed by atoms with Crippen molar-refractivity contribution in [2.75, 3.05) is 61.8 Å². The van der Waals surface area contributed by atoms with Crippen molar-refractivity contribution < 1.29 is 8.42 Å². The van der Waals surface area contributed by atoms with Crippen molar-refractivity contribution in [3.63, 3.8) is 0 Å². The van der Waals surface area contributed by atoms with Gasteiger partial charge in [0.2, 0.25) is 16.0 Å². The second kappa shape index (κ2) is 9.36. The minimum Gasteiger partial charge on any atom is -0.369 e. The summed E-state index contributed by atoms with van der Waals surface area (Å²) in [4.78, 5) is 13.8. The average molecular weight is 537 g/mol. The van der Waals surface area contributed by atoms with Gasteiger partial charge in [0, 0.05) is 62.9 Å². The number of benzene rings is 1. The zero-order valence-electron chi connectivity index (χ0n) is 18.7. The van der Waals surface area contributed by atoms with Crippen molar-refractivity contribution in [2.24, 2.45) is 0 Å². The highest BCUT2D eigenvalue weighted by molar-refractivity contribution is 9.10. The Morgan fingerprint density at radius 3 is 2.45 bits per heavy atom. The molecule has 0 unspecified atom stereocenters. The number of hydrogen-bond donors (Lipinski definition) is 2. The van der Waals surface area contributed by atoms with Crippen molar-refractivity contribution in [2.45, 2.75) is 30.6 Å². The zero-order valence-corrected chi connectivity index (χ0v) is 21.1. The summed E-state index contributed by atoms with van der Waals surface area (Å²) in [6.45, 7) is 5.26. The van der Waals surface area contributed by atoms with E-state index in [1.807, 2.05) is 12.1 Å². The molecule has 1 aromatic carbocycles. The summed E-state index contributed by atoms with van der Waals surface area (Å²) < 4.78 is 27.4. The molecule has 1 aliphatic carbocycles. The molecule has 0 amide bonds.